The second-order valence-electron chi connectivity index (χ2n) is 5.30. The molecule has 0 aliphatic heterocycles. The zero-order valence-corrected chi connectivity index (χ0v) is 15.7. The van der Waals surface area contributed by atoms with Crippen molar-refractivity contribution < 1.29 is 36.8 Å². The quantitative estimate of drug-likeness (QED) is 0.195. The number of aryl methyl sites for hydroxylation is 1. The average molecular weight is 420 g/mol. The maximum Gasteiger partial charge on any atom is 0.346 e. The molecule has 0 saturated heterocycles. The Morgan fingerprint density at radius 2 is 2.11 bits per heavy atom. The molecule has 2 N–H and O–H groups in total. The molecule has 1 aromatic carbocycles. The number of carbonyl (C=O) groups is 1. The lowest BCUT2D eigenvalue weighted by atomic mass is 10.1. The minimum absolute atomic E-state index is 0.0151. The molecule has 2 aromatic rings. The molecule has 0 aliphatic carbocycles. The van der Waals surface area contributed by atoms with Crippen molar-refractivity contribution >= 4 is 39.0 Å². The van der Waals surface area contributed by atoms with Gasteiger partial charge in [-0.2, -0.15) is 8.42 Å². The molecule has 0 spiro atoms. The monoisotopic (exact) mass is 420 g/mol. The molecule has 0 saturated carbocycles. The Labute approximate surface area is 157 Å². The van der Waals surface area contributed by atoms with Gasteiger partial charge >= 0.3 is 5.63 Å². The minimum Gasteiger partial charge on any atom is -0.408 e. The van der Waals surface area contributed by atoms with Gasteiger partial charge in [0.15, 0.2) is 5.89 Å². The number of aromatic nitrogens is 1. The fourth-order valence-electron chi connectivity index (χ4n) is 2.24. The lowest BCUT2D eigenvalue weighted by Crippen LogP contribution is -2.37. The summed E-state index contributed by atoms with van der Waals surface area (Å²) in [6, 6.07) is 4.22. The van der Waals surface area contributed by atoms with Gasteiger partial charge in [0, 0.05) is 43.4 Å². The van der Waals surface area contributed by atoms with Crippen LogP contribution in [-0.2, 0) is 19.5 Å². The van der Waals surface area contributed by atoms with Crippen molar-refractivity contribution in [2.24, 2.45) is 0 Å². The molecular weight excluding hydrogens is 404 g/mol. The molecule has 2 rings (SSSR count). The standard InChI is InChI=1S/C14H16N2O9S2/c1-9-15-12-3-2-10(8-11(12)14(18)23-9)13(17)16(4-6-26-25-24-19)5-7-27(20,21)22/h2-3,8,19H,4-7H2,1H3,(H,20,21,22). The number of hydrogen-bond donors (Lipinski definition) is 2. The van der Waals surface area contributed by atoms with Crippen LogP contribution in [0, 0.1) is 6.92 Å². The molecule has 13 heteroatoms. The number of nitrogens with zero attached hydrogens (tertiary/aromatic N) is 2. The Morgan fingerprint density at radius 1 is 1.37 bits per heavy atom. The molecule has 1 aromatic heterocycles. The van der Waals surface area contributed by atoms with Crippen molar-refractivity contribution in [1.82, 2.24) is 9.88 Å². The third-order valence-corrected chi connectivity index (χ3v) is 4.62. The van der Waals surface area contributed by atoms with Gasteiger partial charge in [-0.25, -0.2) is 15.0 Å². The van der Waals surface area contributed by atoms with Gasteiger partial charge in [-0.15, -0.1) is 4.33 Å². The molecular formula is C14H16N2O9S2. The van der Waals surface area contributed by atoms with E-state index < -0.39 is 27.4 Å². The van der Waals surface area contributed by atoms with Gasteiger partial charge in [-0.3, -0.25) is 9.35 Å². The van der Waals surface area contributed by atoms with Crippen LogP contribution in [0.3, 0.4) is 0 Å². The molecule has 0 bridgehead atoms. The number of fused-ring (bicyclic) bond motifs is 1. The second kappa shape index (κ2) is 9.25. The lowest BCUT2D eigenvalue weighted by Gasteiger charge is -2.21. The zero-order chi connectivity index (χ0) is 20.0. The average Bonchev–Trinajstić information content (AvgIpc) is 2.59. The van der Waals surface area contributed by atoms with E-state index in [4.69, 9.17) is 14.2 Å². The first-order valence-corrected chi connectivity index (χ1v) is 9.99. The van der Waals surface area contributed by atoms with Gasteiger partial charge < -0.3 is 9.32 Å². The summed E-state index contributed by atoms with van der Waals surface area (Å²) in [5.41, 5.74) is -0.186. The summed E-state index contributed by atoms with van der Waals surface area (Å²) in [5.74, 6) is -0.929. The summed E-state index contributed by atoms with van der Waals surface area (Å²) in [6.45, 7) is 1.24. The van der Waals surface area contributed by atoms with E-state index in [1.54, 1.807) is 0 Å². The molecule has 11 nitrogen and oxygen atoms in total. The van der Waals surface area contributed by atoms with Gasteiger partial charge in [0.1, 0.15) is 0 Å². The van der Waals surface area contributed by atoms with Crippen LogP contribution >= 0.6 is 12.0 Å². The van der Waals surface area contributed by atoms with Gasteiger partial charge in [0.25, 0.3) is 16.0 Å². The molecule has 0 radical (unpaired) electrons. The topological polar surface area (TPSA) is 156 Å². The van der Waals surface area contributed by atoms with E-state index in [1.807, 2.05) is 0 Å². The SMILES string of the molecule is Cc1nc2ccc(C(=O)N(CCSOOO)CCS(=O)(=O)O)cc2c(=O)o1. The molecule has 0 fully saturated rings. The highest BCUT2D eigenvalue weighted by molar-refractivity contribution is 7.94. The fraction of sp³-hybridized carbons (Fsp3) is 0.357. The first-order chi connectivity index (χ1) is 12.7. The largest absolute Gasteiger partial charge is 0.408 e. The Balaban J connectivity index is 2.26. The predicted octanol–water partition coefficient (Wildman–Crippen LogP) is 0.896. The maximum atomic E-state index is 12.7. The predicted molar refractivity (Wildman–Crippen MR) is 94.6 cm³/mol. The molecule has 0 aliphatic rings. The minimum atomic E-state index is -4.29. The normalized spacial score (nSPS) is 11.7. The van der Waals surface area contributed by atoms with Crippen LogP contribution in [-0.4, -0.2) is 58.6 Å². The van der Waals surface area contributed by atoms with E-state index in [0.717, 1.165) is 4.90 Å². The first kappa shape index (κ1) is 21.3. The Bertz CT molecular complexity index is 974. The summed E-state index contributed by atoms with van der Waals surface area (Å²) in [6.07, 6.45) is 0. The highest BCUT2D eigenvalue weighted by Crippen LogP contribution is 2.14. The van der Waals surface area contributed by atoms with E-state index in [1.165, 1.54) is 25.1 Å². The van der Waals surface area contributed by atoms with Crippen molar-refractivity contribution in [2.75, 3.05) is 24.6 Å². The van der Waals surface area contributed by atoms with Gasteiger partial charge in [0.2, 0.25) is 0 Å². The van der Waals surface area contributed by atoms with Gasteiger partial charge in [-0.05, 0) is 18.2 Å². The molecule has 1 amide bonds. The van der Waals surface area contributed by atoms with E-state index in [9.17, 15) is 18.0 Å². The van der Waals surface area contributed by atoms with Crippen LogP contribution < -0.4 is 5.63 Å². The molecule has 148 valence electrons. The highest BCUT2D eigenvalue weighted by atomic mass is 32.2. The second-order valence-corrected chi connectivity index (χ2v) is 7.65. The van der Waals surface area contributed by atoms with Crippen molar-refractivity contribution in [3.8, 4) is 0 Å². The van der Waals surface area contributed by atoms with Crippen molar-refractivity contribution in [1.29, 1.82) is 0 Å². The van der Waals surface area contributed by atoms with E-state index in [2.05, 4.69) is 14.4 Å². The third-order valence-electron chi connectivity index (χ3n) is 3.41. The number of rotatable bonds is 9. The smallest absolute Gasteiger partial charge is 0.346 e. The maximum absolute atomic E-state index is 12.7. The number of hydrogen-bond acceptors (Lipinski definition) is 10. The number of benzene rings is 1. The fourth-order valence-corrected chi connectivity index (χ4v) is 3.09. The summed E-state index contributed by atoms with van der Waals surface area (Å²) in [4.78, 5) is 29.9. The molecule has 1 heterocycles. The van der Waals surface area contributed by atoms with Crippen LogP contribution in [0.15, 0.2) is 27.4 Å². The van der Waals surface area contributed by atoms with E-state index in [-0.39, 0.29) is 35.7 Å². The van der Waals surface area contributed by atoms with Crippen molar-refractivity contribution in [2.45, 2.75) is 6.92 Å². The third kappa shape index (κ3) is 6.27. The molecule has 0 atom stereocenters. The van der Waals surface area contributed by atoms with Crippen LogP contribution in [0.2, 0.25) is 0 Å². The Morgan fingerprint density at radius 3 is 2.78 bits per heavy atom. The summed E-state index contributed by atoms with van der Waals surface area (Å²) in [7, 11) is -4.29. The number of carbonyl (C=O) groups excluding carboxylic acids is 1. The first-order valence-electron chi connectivity index (χ1n) is 7.47. The van der Waals surface area contributed by atoms with Crippen LogP contribution in [0.5, 0.6) is 0 Å². The van der Waals surface area contributed by atoms with E-state index >= 15 is 0 Å². The van der Waals surface area contributed by atoms with Crippen molar-refractivity contribution in [3.63, 3.8) is 0 Å². The van der Waals surface area contributed by atoms with E-state index in [0.29, 0.717) is 17.6 Å². The van der Waals surface area contributed by atoms with Gasteiger partial charge in [0.05, 0.1) is 16.7 Å². The summed E-state index contributed by atoms with van der Waals surface area (Å²) in [5, 5.41) is 11.6. The highest BCUT2D eigenvalue weighted by Gasteiger charge is 2.19. The van der Waals surface area contributed by atoms with Crippen LogP contribution in [0.25, 0.3) is 10.9 Å². The lowest BCUT2D eigenvalue weighted by molar-refractivity contribution is -0.432. The van der Waals surface area contributed by atoms with Crippen LogP contribution in [0.4, 0.5) is 0 Å². The summed E-state index contributed by atoms with van der Waals surface area (Å²) >= 11 is 0.681. The Kier molecular flexibility index (Phi) is 7.29. The Hall–Kier alpha value is -2.03. The zero-order valence-electron chi connectivity index (χ0n) is 14.0. The molecule has 27 heavy (non-hydrogen) atoms. The van der Waals surface area contributed by atoms with Crippen LogP contribution in [0.1, 0.15) is 16.2 Å². The van der Waals surface area contributed by atoms with Crippen molar-refractivity contribution in [3.05, 3.63) is 40.1 Å². The number of amides is 1. The van der Waals surface area contributed by atoms with Gasteiger partial charge in [-0.1, -0.05) is 5.04 Å². The summed E-state index contributed by atoms with van der Waals surface area (Å²) < 4.78 is 40.0. The molecule has 0 unspecified atom stereocenters.